The summed E-state index contributed by atoms with van der Waals surface area (Å²) in [7, 11) is 1.26. The summed E-state index contributed by atoms with van der Waals surface area (Å²) in [4.78, 5) is 50.7. The number of hydrogen-bond acceptors (Lipinski definition) is 7. The van der Waals surface area contributed by atoms with Gasteiger partial charge in [0.05, 0.1) is 12.5 Å². The number of ketones is 1. The standard InChI is InChI=1S/C24H22ClN3O6/c1-27-22(30)20(21(26)28(24(27)32)11-14-5-3-2-4-6-14)18(29)13-34-23(31)16-9-15-10-17(25)7-8-19(15)33-12-16/h2-8,10,16H,9,11-13,26H2,1H3. The minimum absolute atomic E-state index is 0.0705. The van der Waals surface area contributed by atoms with E-state index in [4.69, 9.17) is 26.8 Å². The van der Waals surface area contributed by atoms with Crippen molar-refractivity contribution in [1.82, 2.24) is 9.13 Å². The maximum atomic E-state index is 12.9. The van der Waals surface area contributed by atoms with Crippen LogP contribution in [0, 0.1) is 5.92 Å². The Hall–Kier alpha value is -3.85. The van der Waals surface area contributed by atoms with Gasteiger partial charge in [0.2, 0.25) is 5.78 Å². The van der Waals surface area contributed by atoms with Crippen molar-refractivity contribution in [2.45, 2.75) is 13.0 Å². The predicted octanol–water partition coefficient (Wildman–Crippen LogP) is 1.81. The molecule has 9 nitrogen and oxygen atoms in total. The van der Waals surface area contributed by atoms with Crippen molar-refractivity contribution in [1.29, 1.82) is 0 Å². The van der Waals surface area contributed by atoms with Crippen LogP contribution in [0.4, 0.5) is 5.82 Å². The molecular formula is C24H22ClN3O6. The Bertz CT molecular complexity index is 1380. The van der Waals surface area contributed by atoms with Crippen molar-refractivity contribution in [2.24, 2.45) is 13.0 Å². The molecule has 4 rings (SSSR count). The van der Waals surface area contributed by atoms with Crippen molar-refractivity contribution in [3.63, 3.8) is 0 Å². The SMILES string of the molecule is Cn1c(=O)c(C(=O)COC(=O)C2COc3ccc(Cl)cc3C2)c(N)n(Cc2ccccc2)c1=O. The molecule has 0 saturated carbocycles. The van der Waals surface area contributed by atoms with Gasteiger partial charge in [0.1, 0.15) is 23.7 Å². The molecule has 0 aliphatic carbocycles. The van der Waals surface area contributed by atoms with Crippen LogP contribution in [0.25, 0.3) is 0 Å². The van der Waals surface area contributed by atoms with Crippen LogP contribution in [0.1, 0.15) is 21.5 Å². The molecule has 2 N–H and O–H groups in total. The Kier molecular flexibility index (Phi) is 6.56. The molecule has 1 aliphatic heterocycles. The van der Waals surface area contributed by atoms with Gasteiger partial charge in [0.15, 0.2) is 6.61 Å². The number of nitrogens with two attached hydrogens (primary N) is 1. The monoisotopic (exact) mass is 483 g/mol. The molecule has 176 valence electrons. The molecular weight excluding hydrogens is 462 g/mol. The Morgan fingerprint density at radius 2 is 1.91 bits per heavy atom. The van der Waals surface area contributed by atoms with Gasteiger partial charge in [-0.2, -0.15) is 0 Å². The summed E-state index contributed by atoms with van der Waals surface area (Å²) >= 11 is 6.01. The average molecular weight is 484 g/mol. The first-order valence-electron chi connectivity index (χ1n) is 10.5. The van der Waals surface area contributed by atoms with Gasteiger partial charge >= 0.3 is 11.7 Å². The molecule has 0 amide bonds. The van der Waals surface area contributed by atoms with Gasteiger partial charge in [-0.15, -0.1) is 0 Å². The van der Waals surface area contributed by atoms with E-state index in [-0.39, 0.29) is 19.0 Å². The summed E-state index contributed by atoms with van der Waals surface area (Å²) < 4.78 is 12.7. The molecule has 1 atom stereocenters. The fourth-order valence-electron chi connectivity index (χ4n) is 3.81. The first-order valence-corrected chi connectivity index (χ1v) is 10.9. The summed E-state index contributed by atoms with van der Waals surface area (Å²) in [6.45, 7) is -0.532. The number of aromatic nitrogens is 2. The molecule has 1 unspecified atom stereocenters. The molecule has 1 aromatic heterocycles. The third kappa shape index (κ3) is 4.60. The van der Waals surface area contributed by atoms with Crippen LogP contribution < -0.4 is 21.7 Å². The summed E-state index contributed by atoms with van der Waals surface area (Å²) in [5.74, 6) is -1.71. The van der Waals surface area contributed by atoms with Crippen LogP contribution in [0.2, 0.25) is 5.02 Å². The number of carbonyl (C=O) groups excluding carboxylic acids is 2. The lowest BCUT2D eigenvalue weighted by Crippen LogP contribution is -2.43. The molecule has 3 aromatic rings. The molecule has 2 aromatic carbocycles. The van der Waals surface area contributed by atoms with Crippen molar-refractivity contribution in [3.8, 4) is 5.75 Å². The maximum absolute atomic E-state index is 12.9. The number of nitrogen functional groups attached to an aromatic ring is 1. The zero-order chi connectivity index (χ0) is 24.4. The first kappa shape index (κ1) is 23.3. The molecule has 0 fully saturated rings. The second kappa shape index (κ2) is 9.56. The number of Topliss-reactive ketones (excluding diaryl/α,β-unsaturated/α-hetero) is 1. The number of halogens is 1. The summed E-state index contributed by atoms with van der Waals surface area (Å²) in [5, 5.41) is 0.517. The number of esters is 1. The zero-order valence-corrected chi connectivity index (χ0v) is 19.1. The van der Waals surface area contributed by atoms with Gasteiger partial charge < -0.3 is 15.2 Å². The lowest BCUT2D eigenvalue weighted by Gasteiger charge is -2.24. The fourth-order valence-corrected chi connectivity index (χ4v) is 4.00. The highest BCUT2D eigenvalue weighted by atomic mass is 35.5. The third-order valence-corrected chi connectivity index (χ3v) is 5.89. The van der Waals surface area contributed by atoms with Crippen molar-refractivity contribution < 1.29 is 19.1 Å². The molecule has 0 bridgehead atoms. The van der Waals surface area contributed by atoms with Crippen molar-refractivity contribution in [2.75, 3.05) is 18.9 Å². The van der Waals surface area contributed by atoms with Gasteiger partial charge in [-0.3, -0.25) is 23.5 Å². The van der Waals surface area contributed by atoms with E-state index in [1.807, 2.05) is 6.07 Å². The van der Waals surface area contributed by atoms with Crippen molar-refractivity contribution >= 4 is 29.2 Å². The quantitative estimate of drug-likeness (QED) is 0.419. The Morgan fingerprint density at radius 1 is 1.18 bits per heavy atom. The molecule has 0 spiro atoms. The number of carbonyl (C=O) groups is 2. The van der Waals surface area contributed by atoms with E-state index in [1.165, 1.54) is 7.05 Å². The number of ether oxygens (including phenoxy) is 2. The number of benzene rings is 2. The second-order valence-electron chi connectivity index (χ2n) is 7.97. The highest BCUT2D eigenvalue weighted by molar-refractivity contribution is 6.30. The van der Waals surface area contributed by atoms with E-state index in [0.717, 1.165) is 20.3 Å². The molecule has 34 heavy (non-hydrogen) atoms. The van der Waals surface area contributed by atoms with Crippen molar-refractivity contribution in [3.05, 3.63) is 91.1 Å². The number of hydrogen-bond donors (Lipinski definition) is 1. The summed E-state index contributed by atoms with van der Waals surface area (Å²) in [6, 6.07) is 14.1. The minimum atomic E-state index is -0.850. The number of nitrogens with zero attached hydrogens (tertiary/aromatic N) is 2. The molecule has 1 aliphatic rings. The van der Waals surface area contributed by atoms with E-state index in [1.54, 1.807) is 42.5 Å². The number of fused-ring (bicyclic) bond motifs is 1. The summed E-state index contributed by atoms with van der Waals surface area (Å²) in [6.07, 6.45) is 0.342. The van der Waals surface area contributed by atoms with E-state index < -0.39 is 41.1 Å². The third-order valence-electron chi connectivity index (χ3n) is 5.65. The van der Waals surface area contributed by atoms with E-state index >= 15 is 0 Å². The van der Waals surface area contributed by atoms with Gasteiger partial charge in [0.25, 0.3) is 5.56 Å². The minimum Gasteiger partial charge on any atom is -0.492 e. The van der Waals surface area contributed by atoms with Crippen LogP contribution in [-0.2, 0) is 29.5 Å². The van der Waals surface area contributed by atoms with E-state index in [0.29, 0.717) is 17.2 Å². The Labute approximate surface area is 199 Å². The normalized spacial score (nSPS) is 14.7. The smallest absolute Gasteiger partial charge is 0.332 e. The predicted molar refractivity (Wildman–Crippen MR) is 125 cm³/mol. The molecule has 2 heterocycles. The zero-order valence-electron chi connectivity index (χ0n) is 18.3. The van der Waals surface area contributed by atoms with Gasteiger partial charge in [-0.05, 0) is 35.7 Å². The Balaban J connectivity index is 1.51. The first-order chi connectivity index (χ1) is 16.3. The lowest BCUT2D eigenvalue weighted by atomic mass is 9.97. The van der Waals surface area contributed by atoms with E-state index in [2.05, 4.69) is 0 Å². The van der Waals surface area contributed by atoms with Gasteiger partial charge in [0, 0.05) is 12.1 Å². The van der Waals surface area contributed by atoms with Gasteiger partial charge in [-0.1, -0.05) is 41.9 Å². The highest BCUT2D eigenvalue weighted by Crippen LogP contribution is 2.30. The van der Waals surface area contributed by atoms with Gasteiger partial charge in [-0.25, -0.2) is 4.79 Å². The lowest BCUT2D eigenvalue weighted by molar-refractivity contribution is -0.148. The van der Waals surface area contributed by atoms with Crippen LogP contribution in [0.15, 0.2) is 58.1 Å². The molecule has 0 saturated heterocycles. The number of rotatable bonds is 6. The Morgan fingerprint density at radius 3 is 2.65 bits per heavy atom. The molecule has 10 heteroatoms. The summed E-state index contributed by atoms with van der Waals surface area (Å²) in [5.41, 5.74) is 5.69. The second-order valence-corrected chi connectivity index (χ2v) is 8.41. The highest BCUT2D eigenvalue weighted by Gasteiger charge is 2.29. The maximum Gasteiger partial charge on any atom is 0.332 e. The van der Waals surface area contributed by atoms with Crippen LogP contribution in [0.3, 0.4) is 0 Å². The topological polar surface area (TPSA) is 123 Å². The van der Waals surface area contributed by atoms with Crippen LogP contribution in [0.5, 0.6) is 5.75 Å². The molecule has 0 radical (unpaired) electrons. The number of anilines is 1. The fraction of sp³-hybridized carbons (Fsp3) is 0.250. The van der Waals surface area contributed by atoms with E-state index in [9.17, 15) is 19.2 Å². The largest absolute Gasteiger partial charge is 0.492 e. The van der Waals surface area contributed by atoms with Crippen LogP contribution in [-0.4, -0.2) is 34.1 Å². The van der Waals surface area contributed by atoms with Crippen LogP contribution >= 0.6 is 11.6 Å². The average Bonchev–Trinajstić information content (AvgIpc) is 2.84.